The lowest BCUT2D eigenvalue weighted by Gasteiger charge is -2.10. The zero-order valence-electron chi connectivity index (χ0n) is 15.3. The number of benzene rings is 2. The van der Waals surface area contributed by atoms with Gasteiger partial charge in [0.2, 0.25) is 0 Å². The van der Waals surface area contributed by atoms with Crippen molar-refractivity contribution in [1.29, 1.82) is 0 Å². The Hall–Kier alpha value is -2.96. The van der Waals surface area contributed by atoms with Crippen molar-refractivity contribution >= 4 is 19.6 Å². The zero-order valence-corrected chi connectivity index (χ0v) is 15.3. The van der Waals surface area contributed by atoms with Crippen molar-refractivity contribution in [3.63, 3.8) is 0 Å². The monoisotopic (exact) mass is 369 g/mol. The molecule has 0 saturated carbocycles. The van der Waals surface area contributed by atoms with Crippen LogP contribution in [0.2, 0.25) is 0 Å². The van der Waals surface area contributed by atoms with Gasteiger partial charge in [-0.15, -0.1) is 0 Å². The molecule has 0 heterocycles. The van der Waals surface area contributed by atoms with Crippen LogP contribution in [0.4, 0.5) is 0 Å². The smallest absolute Gasteiger partial charge is 0.526 e. The van der Waals surface area contributed by atoms with Crippen molar-refractivity contribution in [3.8, 4) is 11.5 Å². The summed E-state index contributed by atoms with van der Waals surface area (Å²) in [4.78, 5) is 21.8. The van der Waals surface area contributed by atoms with Crippen molar-refractivity contribution in [2.75, 3.05) is 0 Å². The van der Waals surface area contributed by atoms with Crippen LogP contribution in [-0.4, -0.2) is 29.8 Å². The fourth-order valence-corrected chi connectivity index (χ4v) is 2.43. The molecule has 0 aromatic heterocycles. The summed E-state index contributed by atoms with van der Waals surface area (Å²) in [6, 6.07) is 14.3. The maximum atomic E-state index is 10.9. The van der Waals surface area contributed by atoms with Crippen molar-refractivity contribution in [2.45, 2.75) is 26.7 Å². The largest absolute Gasteiger partial charge is 0.658 e. The minimum atomic E-state index is -0.819. The Morgan fingerprint density at radius 3 is 1.41 bits per heavy atom. The maximum absolute atomic E-state index is 10.9. The summed E-state index contributed by atoms with van der Waals surface area (Å²) in [6.07, 6.45) is 0.922. The summed E-state index contributed by atoms with van der Waals surface area (Å²) in [7, 11) is 1.21. The quantitative estimate of drug-likeness (QED) is 0.625. The molecule has 0 aliphatic rings. The standard InChI is InChI=1S/C20H22BO6/c1-13(19(22)23)11-15-3-7-17(8-4-15)26-21-27-18-9-5-16(6-10-18)12-14(2)20(24)25/h3-10,13-14H,11-12H2,1-2H3,(H,22,23)(H,24,25). The number of hydrogen-bond donors (Lipinski definition) is 2. The maximum Gasteiger partial charge on any atom is 0.658 e. The Kier molecular flexibility index (Phi) is 7.29. The molecule has 2 aromatic rings. The molecule has 0 amide bonds. The van der Waals surface area contributed by atoms with Crippen LogP contribution in [0.25, 0.3) is 0 Å². The highest BCUT2D eigenvalue weighted by atomic mass is 16.6. The summed E-state index contributed by atoms with van der Waals surface area (Å²) >= 11 is 0. The molecule has 2 rings (SSSR count). The van der Waals surface area contributed by atoms with Gasteiger partial charge in [-0.25, -0.2) is 0 Å². The minimum absolute atomic E-state index is 0.437. The number of aliphatic carboxylic acids is 2. The highest BCUT2D eigenvalue weighted by Crippen LogP contribution is 2.17. The van der Waals surface area contributed by atoms with Crippen LogP contribution in [0.15, 0.2) is 48.5 Å². The number of hydrogen-bond acceptors (Lipinski definition) is 4. The molecule has 27 heavy (non-hydrogen) atoms. The van der Waals surface area contributed by atoms with Gasteiger partial charge in [0, 0.05) is 0 Å². The molecule has 6 nitrogen and oxygen atoms in total. The van der Waals surface area contributed by atoms with Crippen LogP contribution in [0, 0.1) is 11.8 Å². The summed E-state index contributed by atoms with van der Waals surface area (Å²) in [5.41, 5.74) is 1.84. The molecule has 7 heteroatoms. The molecular formula is C20H22BO6. The third-order valence-corrected chi connectivity index (χ3v) is 4.14. The van der Waals surface area contributed by atoms with Crippen molar-refractivity contribution < 1.29 is 29.1 Å². The topological polar surface area (TPSA) is 93.1 Å². The average molecular weight is 369 g/mol. The molecule has 0 fully saturated rings. The van der Waals surface area contributed by atoms with E-state index in [1.807, 2.05) is 24.3 Å². The van der Waals surface area contributed by atoms with Crippen LogP contribution >= 0.6 is 0 Å². The molecule has 0 saturated heterocycles. The Labute approximate surface area is 159 Å². The number of carboxylic acids is 2. The van der Waals surface area contributed by atoms with Crippen LogP contribution in [0.5, 0.6) is 11.5 Å². The first-order chi connectivity index (χ1) is 12.8. The van der Waals surface area contributed by atoms with E-state index in [0.717, 1.165) is 11.1 Å². The third kappa shape index (κ3) is 6.69. The van der Waals surface area contributed by atoms with Crippen LogP contribution in [-0.2, 0) is 22.4 Å². The highest BCUT2D eigenvalue weighted by molar-refractivity contribution is 6.20. The van der Waals surface area contributed by atoms with E-state index < -0.39 is 23.8 Å². The first-order valence-corrected chi connectivity index (χ1v) is 8.63. The second-order valence-corrected chi connectivity index (χ2v) is 6.51. The fourth-order valence-electron chi connectivity index (χ4n) is 2.43. The van der Waals surface area contributed by atoms with Gasteiger partial charge in [-0.1, -0.05) is 38.1 Å². The molecule has 0 aliphatic heterocycles. The lowest BCUT2D eigenvalue weighted by atomic mass is 10.0. The van der Waals surface area contributed by atoms with Crippen molar-refractivity contribution in [3.05, 3.63) is 59.7 Å². The normalized spacial score (nSPS) is 12.7. The second-order valence-electron chi connectivity index (χ2n) is 6.51. The number of rotatable bonds is 10. The summed E-state index contributed by atoms with van der Waals surface area (Å²) in [5, 5.41) is 17.9. The van der Waals surface area contributed by atoms with Gasteiger partial charge >= 0.3 is 19.6 Å². The molecule has 0 spiro atoms. The molecule has 0 aliphatic carbocycles. The van der Waals surface area contributed by atoms with E-state index in [0.29, 0.717) is 24.3 Å². The summed E-state index contributed by atoms with van der Waals surface area (Å²) < 4.78 is 10.8. The van der Waals surface area contributed by atoms with Crippen LogP contribution < -0.4 is 9.31 Å². The molecular weight excluding hydrogens is 347 g/mol. The second kappa shape index (κ2) is 9.66. The van der Waals surface area contributed by atoms with E-state index in [1.165, 1.54) is 7.69 Å². The zero-order chi connectivity index (χ0) is 19.8. The first-order valence-electron chi connectivity index (χ1n) is 8.63. The van der Waals surface area contributed by atoms with Gasteiger partial charge in [0.25, 0.3) is 0 Å². The molecule has 0 bridgehead atoms. The lowest BCUT2D eigenvalue weighted by molar-refractivity contribution is -0.142. The molecule has 1 radical (unpaired) electrons. The Morgan fingerprint density at radius 1 is 0.778 bits per heavy atom. The Morgan fingerprint density at radius 2 is 1.11 bits per heavy atom. The van der Waals surface area contributed by atoms with E-state index in [1.54, 1.807) is 38.1 Å². The van der Waals surface area contributed by atoms with Crippen LogP contribution in [0.1, 0.15) is 25.0 Å². The lowest BCUT2D eigenvalue weighted by Crippen LogP contribution is -2.13. The van der Waals surface area contributed by atoms with E-state index in [-0.39, 0.29) is 0 Å². The van der Waals surface area contributed by atoms with Gasteiger partial charge in [-0.2, -0.15) is 0 Å². The van der Waals surface area contributed by atoms with E-state index >= 15 is 0 Å². The number of carboxylic acid groups (broad SMARTS) is 2. The van der Waals surface area contributed by atoms with Crippen LogP contribution in [0.3, 0.4) is 0 Å². The van der Waals surface area contributed by atoms with E-state index in [2.05, 4.69) is 0 Å². The van der Waals surface area contributed by atoms with Gasteiger partial charge in [0.15, 0.2) is 0 Å². The number of carbonyl (C=O) groups is 2. The van der Waals surface area contributed by atoms with Crippen molar-refractivity contribution in [2.24, 2.45) is 11.8 Å². The first kappa shape index (κ1) is 20.4. The molecule has 2 N–H and O–H groups in total. The predicted molar refractivity (Wildman–Crippen MR) is 101 cm³/mol. The molecule has 2 aromatic carbocycles. The average Bonchev–Trinajstić information content (AvgIpc) is 2.64. The van der Waals surface area contributed by atoms with Gasteiger partial charge in [0.05, 0.1) is 11.8 Å². The Bertz CT molecular complexity index is 692. The summed E-state index contributed by atoms with van der Waals surface area (Å²) in [5.74, 6) is -1.36. The molecule has 2 atom stereocenters. The fraction of sp³-hybridized carbons (Fsp3) is 0.300. The molecule has 141 valence electrons. The van der Waals surface area contributed by atoms with Gasteiger partial charge in [-0.3, -0.25) is 9.59 Å². The van der Waals surface area contributed by atoms with Gasteiger partial charge in [0.1, 0.15) is 11.5 Å². The van der Waals surface area contributed by atoms with Gasteiger partial charge < -0.3 is 19.5 Å². The summed E-state index contributed by atoms with van der Waals surface area (Å²) in [6.45, 7) is 3.34. The van der Waals surface area contributed by atoms with Gasteiger partial charge in [-0.05, 0) is 48.2 Å². The predicted octanol–water partition coefficient (Wildman–Crippen LogP) is 3.21. The van der Waals surface area contributed by atoms with E-state index in [9.17, 15) is 9.59 Å². The molecule has 2 unspecified atom stereocenters. The van der Waals surface area contributed by atoms with Crippen molar-refractivity contribution in [1.82, 2.24) is 0 Å². The SMILES string of the molecule is CC(Cc1ccc(O[B]Oc2ccc(CC(C)C(=O)O)cc2)cc1)C(=O)O. The minimum Gasteiger partial charge on any atom is -0.526 e. The highest BCUT2D eigenvalue weighted by Gasteiger charge is 2.12. The van der Waals surface area contributed by atoms with E-state index in [4.69, 9.17) is 19.5 Å². The Balaban J connectivity index is 1.79. The third-order valence-electron chi connectivity index (χ3n) is 4.14.